The van der Waals surface area contributed by atoms with Crippen molar-refractivity contribution in [2.24, 2.45) is 35.5 Å². The molecule has 6 atom stereocenters. The van der Waals surface area contributed by atoms with Crippen LogP contribution in [0.5, 0.6) is 0 Å². The molecule has 6 aromatic heterocycles. The molecule has 1 amide bonds. The summed E-state index contributed by atoms with van der Waals surface area (Å²) in [4.78, 5) is 56.7. The van der Waals surface area contributed by atoms with E-state index >= 15 is 0 Å². The molecule has 6 unspecified atom stereocenters. The summed E-state index contributed by atoms with van der Waals surface area (Å²) < 4.78 is 5.23. The molecular formula is C78H92Cl6N22O. The topological polar surface area (TPSA) is 242 Å². The van der Waals surface area contributed by atoms with Crippen molar-refractivity contribution in [1.29, 1.82) is 15.8 Å². The number of amides is 1. The van der Waals surface area contributed by atoms with Crippen molar-refractivity contribution >= 4 is 126 Å². The fourth-order valence-corrected chi connectivity index (χ4v) is 18.0. The summed E-state index contributed by atoms with van der Waals surface area (Å²) in [6.07, 6.45) is 15.7. The Labute approximate surface area is 656 Å². The van der Waals surface area contributed by atoms with Gasteiger partial charge in [0.05, 0.1) is 36.7 Å². The summed E-state index contributed by atoms with van der Waals surface area (Å²) >= 11 is 37.6. The van der Waals surface area contributed by atoms with Crippen molar-refractivity contribution in [3.63, 3.8) is 0 Å². The highest BCUT2D eigenvalue weighted by Crippen LogP contribution is 2.40. The minimum atomic E-state index is -0.255. The highest BCUT2D eigenvalue weighted by molar-refractivity contribution is 6.36. The number of aromatic nitrogens is 12. The van der Waals surface area contributed by atoms with Crippen LogP contribution in [0.25, 0.3) is 33.5 Å². The van der Waals surface area contributed by atoms with E-state index in [1.807, 2.05) is 53.1 Å². The number of anilines is 3. The lowest BCUT2D eigenvalue weighted by molar-refractivity contribution is -0.128. The highest BCUT2D eigenvalue weighted by atomic mass is 35.5. The zero-order valence-electron chi connectivity index (χ0n) is 62.0. The molecule has 0 aliphatic carbocycles. The number of hydrogen-bond donors (Lipinski definition) is 0. The first kappa shape index (κ1) is 77.4. The van der Waals surface area contributed by atoms with E-state index in [9.17, 15) is 20.6 Å². The van der Waals surface area contributed by atoms with Crippen molar-refractivity contribution in [3.05, 3.63) is 137 Å². The van der Waals surface area contributed by atoms with Crippen LogP contribution in [0.4, 0.5) is 17.5 Å². The molecule has 562 valence electrons. The number of likely N-dealkylation sites (tertiary alicyclic amines) is 3. The Bertz CT molecular complexity index is 4810. The Morgan fingerprint density at radius 1 is 0.486 bits per heavy atom. The van der Waals surface area contributed by atoms with E-state index in [-0.39, 0.29) is 41.1 Å². The van der Waals surface area contributed by atoms with Gasteiger partial charge in [-0.15, -0.1) is 0 Å². The number of piperidine rings is 3. The molecular weight excluding hydrogens is 1470 g/mol. The van der Waals surface area contributed by atoms with E-state index in [2.05, 4.69) is 98.6 Å². The molecule has 15 rings (SSSR count). The molecule has 0 radical (unpaired) electrons. The van der Waals surface area contributed by atoms with Crippen LogP contribution < -0.4 is 14.7 Å². The maximum Gasteiger partial charge on any atom is 0.222 e. The molecule has 9 aromatic rings. The SMILES string of the molecule is CC(C)N1CCCC(C2CN(c3cnc4c(C#N)nn(C(C)c5ccc(Cl)cc5Cl)c4n3)C2)C1.CC(c1ccc(Cl)cc1Cl)n1nc(C#N)c2ncc(N3CC(C4CCCN(CCCC(=O)N(C)C)C4)C3)nc21.CCCN1CCCC(C2CN(c3cnc4c(C#N)nn(C(C)c5ccc(Cl)cc5Cl)c4n3)C2)C1. The Hall–Kier alpha value is -7.73. The second kappa shape index (κ2) is 34.0. The van der Waals surface area contributed by atoms with E-state index in [1.54, 1.807) is 73.9 Å². The van der Waals surface area contributed by atoms with Gasteiger partial charge in [-0.2, -0.15) is 31.1 Å². The molecule has 12 heterocycles. The molecule has 6 saturated heterocycles. The Morgan fingerprint density at radius 2 is 0.832 bits per heavy atom. The molecule has 107 heavy (non-hydrogen) atoms. The third kappa shape index (κ3) is 17.0. The van der Waals surface area contributed by atoms with Crippen molar-refractivity contribution in [2.45, 2.75) is 123 Å². The fraction of sp³-hybridized carbons (Fsp3) is 0.526. The van der Waals surface area contributed by atoms with Crippen LogP contribution in [-0.4, -0.2) is 197 Å². The first-order chi connectivity index (χ1) is 51.6. The zero-order chi connectivity index (χ0) is 75.5. The minimum absolute atomic E-state index is 0.199. The van der Waals surface area contributed by atoms with Crippen LogP contribution in [0, 0.1) is 69.5 Å². The van der Waals surface area contributed by atoms with E-state index < -0.39 is 0 Å². The van der Waals surface area contributed by atoms with Gasteiger partial charge in [0.25, 0.3) is 0 Å². The maximum atomic E-state index is 11.9. The summed E-state index contributed by atoms with van der Waals surface area (Å²) in [7, 11) is 3.63. The third-order valence-electron chi connectivity index (χ3n) is 22.7. The number of carbonyl (C=O) groups excluding carboxylic acids is 1. The Balaban J connectivity index is 0.000000142. The number of hydrogen-bond acceptors (Lipinski definition) is 19. The summed E-state index contributed by atoms with van der Waals surface area (Å²) in [6.45, 7) is 27.9. The zero-order valence-corrected chi connectivity index (χ0v) is 66.5. The van der Waals surface area contributed by atoms with Gasteiger partial charge >= 0.3 is 0 Å². The van der Waals surface area contributed by atoms with E-state index in [0.717, 1.165) is 111 Å². The van der Waals surface area contributed by atoms with Crippen LogP contribution in [0.15, 0.2) is 73.2 Å². The number of nitriles is 3. The molecule has 0 saturated carbocycles. The summed E-state index contributed by atoms with van der Waals surface area (Å²) in [5, 5.41) is 45.8. The van der Waals surface area contributed by atoms with Crippen LogP contribution in [-0.2, 0) is 4.79 Å². The van der Waals surface area contributed by atoms with E-state index in [4.69, 9.17) is 84.6 Å². The maximum absolute atomic E-state index is 11.9. The van der Waals surface area contributed by atoms with E-state index in [0.29, 0.717) is 99.8 Å². The number of fused-ring (bicyclic) bond motifs is 3. The van der Waals surface area contributed by atoms with Gasteiger partial charge in [-0.3, -0.25) is 4.79 Å². The molecule has 3 aromatic carbocycles. The van der Waals surface area contributed by atoms with Crippen molar-refractivity contribution in [3.8, 4) is 18.2 Å². The van der Waals surface area contributed by atoms with Gasteiger partial charge < -0.3 is 34.3 Å². The smallest absolute Gasteiger partial charge is 0.222 e. The van der Waals surface area contributed by atoms with Crippen molar-refractivity contribution in [2.75, 3.05) is 120 Å². The van der Waals surface area contributed by atoms with Crippen molar-refractivity contribution < 1.29 is 4.79 Å². The van der Waals surface area contributed by atoms with Crippen LogP contribution in [0.2, 0.25) is 30.1 Å². The van der Waals surface area contributed by atoms with Gasteiger partial charge in [-0.25, -0.2) is 43.9 Å². The first-order valence-electron chi connectivity index (χ1n) is 37.5. The number of carbonyl (C=O) groups is 1. The van der Waals surface area contributed by atoms with Gasteiger partial charge in [0, 0.05) is 116 Å². The molecule has 23 nitrogen and oxygen atoms in total. The molecule has 6 aliphatic rings. The third-order valence-corrected chi connectivity index (χ3v) is 24.4. The van der Waals surface area contributed by atoms with E-state index in [1.165, 1.54) is 77.7 Å². The quantitative estimate of drug-likeness (QED) is 0.0730. The number of benzene rings is 3. The van der Waals surface area contributed by atoms with Gasteiger partial charge in [-0.05, 0) is 207 Å². The molecule has 29 heteroatoms. The predicted octanol–water partition coefficient (Wildman–Crippen LogP) is 15.0. The summed E-state index contributed by atoms with van der Waals surface area (Å²) in [5.74, 6) is 6.82. The summed E-state index contributed by atoms with van der Waals surface area (Å²) in [6, 6.07) is 22.6. The monoisotopic (exact) mass is 1560 g/mol. The Kier molecular flexibility index (Phi) is 24.6. The number of nitrogens with zero attached hydrogens (tertiary/aromatic N) is 22. The van der Waals surface area contributed by atoms with Gasteiger partial charge in [-0.1, -0.05) is 94.7 Å². The fourth-order valence-electron chi connectivity index (χ4n) is 16.3. The molecule has 6 aliphatic heterocycles. The standard InChI is InChI=1S/C28H34Cl2N8O.2C25H29Cl2N7/c1-18(22-9-8-21(29)12-23(22)30)38-28-27(24(13-31)34-38)32-14-25(33-28)37-16-20(17-37)19-6-4-10-36(15-19)11-5-7-26(39)35(2)3;1-15(2)32-8-4-5-17(12-32)18-13-33(14-18)23-11-29-24-22(10-28)31-34(25(24)30-23)16(3)20-7-6-19(26)9-21(20)27;1-3-8-32-9-4-5-17(13-32)18-14-33(15-18)23-12-29-24-22(11-28)31-34(25(24)30-23)16(2)20-7-6-19(26)10-21(20)27/h8-9,12,14,18-20H,4-7,10-11,15-17H2,1-3H3;6-7,9,11,15-18H,4-5,8,12-14H2,1-3H3;6-7,10,12,16-18H,3-5,8-9,13-15H2,1-2H3. The predicted molar refractivity (Wildman–Crippen MR) is 424 cm³/mol. The molecule has 0 spiro atoms. The molecule has 0 N–H and O–H groups in total. The lowest BCUT2D eigenvalue weighted by atomic mass is 9.80. The lowest BCUT2D eigenvalue weighted by Gasteiger charge is -2.47. The van der Waals surface area contributed by atoms with Crippen LogP contribution >= 0.6 is 69.6 Å². The number of halogens is 6. The molecule has 6 fully saturated rings. The van der Waals surface area contributed by atoms with Crippen LogP contribution in [0.1, 0.15) is 151 Å². The average Bonchev–Trinajstić information content (AvgIpc) is 1.74. The first-order valence-corrected chi connectivity index (χ1v) is 39.8. The second-order valence-electron chi connectivity index (χ2n) is 30.2. The number of rotatable bonds is 19. The lowest BCUT2D eigenvalue weighted by Crippen LogP contribution is -2.54. The highest BCUT2D eigenvalue weighted by Gasteiger charge is 2.41. The summed E-state index contributed by atoms with van der Waals surface area (Å²) in [5.41, 5.74) is 6.65. The Morgan fingerprint density at radius 3 is 1.16 bits per heavy atom. The van der Waals surface area contributed by atoms with Gasteiger partial charge in [0.1, 0.15) is 52.2 Å². The largest absolute Gasteiger partial charge is 0.355 e. The average molecular weight is 1570 g/mol. The second-order valence-corrected chi connectivity index (χ2v) is 32.8. The van der Waals surface area contributed by atoms with Gasteiger partial charge in [0.2, 0.25) is 5.91 Å². The van der Waals surface area contributed by atoms with Crippen molar-refractivity contribution in [1.82, 2.24) is 78.8 Å². The normalized spacial score (nSPS) is 19.9. The molecule has 0 bridgehead atoms. The minimum Gasteiger partial charge on any atom is -0.355 e. The van der Waals surface area contributed by atoms with Gasteiger partial charge in [0.15, 0.2) is 34.0 Å². The van der Waals surface area contributed by atoms with Crippen LogP contribution in [0.3, 0.4) is 0 Å².